The van der Waals surface area contributed by atoms with Gasteiger partial charge in [0, 0.05) is 6.42 Å². The molecule has 11 heteroatoms. The zero-order chi connectivity index (χ0) is 23.9. The Morgan fingerprint density at radius 1 is 1.03 bits per heavy atom. The molecule has 2 heterocycles. The third-order valence-electron chi connectivity index (χ3n) is 5.55. The van der Waals surface area contributed by atoms with Gasteiger partial charge in [-0.1, -0.05) is 65.8 Å². The number of hydroxylamine groups is 1. The molecule has 0 saturated carbocycles. The Labute approximate surface area is 196 Å². The van der Waals surface area contributed by atoms with Crippen molar-refractivity contribution in [3.8, 4) is 0 Å². The van der Waals surface area contributed by atoms with E-state index in [4.69, 9.17) is 14.4 Å². The molecular weight excluding hydrogens is 444 g/mol. The summed E-state index contributed by atoms with van der Waals surface area (Å²) in [5.41, 5.74) is 4.66. The first kappa shape index (κ1) is 24.1. The first-order valence-electron chi connectivity index (χ1n) is 10.9. The van der Waals surface area contributed by atoms with Crippen LogP contribution in [0.5, 0.6) is 0 Å². The summed E-state index contributed by atoms with van der Waals surface area (Å²) in [4.78, 5) is 25.2. The van der Waals surface area contributed by atoms with Gasteiger partial charge in [-0.3, -0.25) is 15.1 Å². The van der Waals surface area contributed by atoms with Crippen molar-refractivity contribution in [1.82, 2.24) is 15.7 Å². The quantitative estimate of drug-likeness (QED) is 0.330. The highest BCUT2D eigenvalue weighted by Crippen LogP contribution is 2.27. The molecule has 5 unspecified atom stereocenters. The third kappa shape index (κ3) is 5.70. The number of hydrogen-bond donors (Lipinski definition) is 5. The largest absolute Gasteiger partial charge is 0.394 e. The Balaban J connectivity index is 1.45. The Kier molecular flexibility index (Phi) is 8.06. The second kappa shape index (κ2) is 11.4. The van der Waals surface area contributed by atoms with Crippen LogP contribution in [-0.2, 0) is 27.6 Å². The van der Waals surface area contributed by atoms with Crippen LogP contribution < -0.4 is 10.8 Å². The lowest BCUT2D eigenvalue weighted by atomic mass is 10.1. The zero-order valence-electron chi connectivity index (χ0n) is 18.4. The summed E-state index contributed by atoms with van der Waals surface area (Å²) in [5.74, 6) is 0.254. The molecular formula is C23H28N4O7. The minimum absolute atomic E-state index is 0.141. The number of nitrogens with one attached hydrogen (secondary N) is 2. The molecule has 0 aromatic heterocycles. The molecule has 2 aromatic carbocycles. The number of carbonyl (C=O) groups excluding carboxylic acids is 1. The molecule has 0 radical (unpaired) electrons. The lowest BCUT2D eigenvalue weighted by Crippen LogP contribution is -2.65. The molecule has 2 amide bonds. The predicted molar refractivity (Wildman–Crippen MR) is 120 cm³/mol. The van der Waals surface area contributed by atoms with E-state index in [2.05, 4.69) is 16.0 Å². The van der Waals surface area contributed by atoms with E-state index in [9.17, 15) is 20.1 Å². The van der Waals surface area contributed by atoms with Gasteiger partial charge in [0.05, 0.1) is 13.2 Å². The van der Waals surface area contributed by atoms with Crippen molar-refractivity contribution < 1.29 is 34.5 Å². The van der Waals surface area contributed by atoms with Crippen molar-refractivity contribution in [2.45, 2.75) is 50.3 Å². The van der Waals surface area contributed by atoms with Crippen LogP contribution in [0, 0.1) is 0 Å². The number of aliphatic hydroxyl groups is 3. The number of nitrogens with zero attached hydrogens (tertiary/aromatic N) is 2. The molecule has 34 heavy (non-hydrogen) atoms. The van der Waals surface area contributed by atoms with E-state index in [1.165, 1.54) is 4.90 Å². The molecule has 0 spiro atoms. The maximum absolute atomic E-state index is 13.0. The van der Waals surface area contributed by atoms with E-state index in [0.717, 1.165) is 11.1 Å². The highest BCUT2D eigenvalue weighted by Gasteiger charge is 2.50. The fourth-order valence-corrected chi connectivity index (χ4v) is 3.78. The van der Waals surface area contributed by atoms with Gasteiger partial charge in [-0.05, 0) is 11.1 Å². The molecule has 182 valence electrons. The van der Waals surface area contributed by atoms with E-state index < -0.39 is 43.3 Å². The summed E-state index contributed by atoms with van der Waals surface area (Å²) in [6.07, 6.45) is -5.67. The number of hydrogen-bond acceptors (Lipinski definition) is 9. The van der Waals surface area contributed by atoms with E-state index in [-0.39, 0.29) is 25.5 Å². The van der Waals surface area contributed by atoms with Crippen LogP contribution in [0.1, 0.15) is 17.5 Å². The Morgan fingerprint density at radius 3 is 2.29 bits per heavy atom. The molecule has 0 aliphatic carbocycles. The van der Waals surface area contributed by atoms with Gasteiger partial charge in [-0.25, -0.2) is 4.79 Å². The molecule has 5 atom stereocenters. The molecule has 4 rings (SSSR count). The van der Waals surface area contributed by atoms with E-state index in [1.54, 1.807) is 0 Å². The van der Waals surface area contributed by atoms with Crippen molar-refractivity contribution in [2.75, 3.05) is 6.61 Å². The summed E-state index contributed by atoms with van der Waals surface area (Å²) in [6.45, 7) is -0.0616. The normalized spacial score (nSPS) is 28.2. The van der Waals surface area contributed by atoms with Gasteiger partial charge in [0.15, 0.2) is 12.1 Å². The molecule has 11 nitrogen and oxygen atoms in total. The number of ether oxygens (including phenoxy) is 1. The first-order valence-corrected chi connectivity index (χ1v) is 10.9. The SMILES string of the molecule is O=C1NC(=NOCc2ccccc2)CC(NOCc2ccccc2)N1C1OC(CO)C(O)C1O. The van der Waals surface area contributed by atoms with Crippen LogP contribution in [0.15, 0.2) is 65.8 Å². The van der Waals surface area contributed by atoms with Gasteiger partial charge < -0.3 is 24.9 Å². The van der Waals surface area contributed by atoms with Gasteiger partial charge >= 0.3 is 6.03 Å². The van der Waals surface area contributed by atoms with Crippen molar-refractivity contribution in [2.24, 2.45) is 5.16 Å². The standard InChI is InChI=1S/C23H28N4O7/c28-12-17-20(29)21(30)22(34-17)27-19(26-33-14-16-9-5-2-6-10-16)11-18(24-23(27)31)25-32-13-15-7-3-1-4-8-15/h1-10,17,19-22,26,28-30H,11-14H2,(H,24,25,31). The molecule has 2 fully saturated rings. The minimum Gasteiger partial charge on any atom is -0.394 e. The minimum atomic E-state index is -1.42. The molecule has 2 aliphatic heterocycles. The number of rotatable bonds is 9. The second-order valence-electron chi connectivity index (χ2n) is 7.98. The van der Waals surface area contributed by atoms with Crippen molar-refractivity contribution >= 4 is 11.9 Å². The van der Waals surface area contributed by atoms with Crippen molar-refractivity contribution in [1.29, 1.82) is 0 Å². The number of amides is 2. The van der Waals surface area contributed by atoms with Crippen LogP contribution in [0.25, 0.3) is 0 Å². The molecule has 2 aromatic rings. The maximum Gasteiger partial charge on any atom is 0.326 e. The Bertz CT molecular complexity index is 962. The lowest BCUT2D eigenvalue weighted by molar-refractivity contribution is -0.124. The van der Waals surface area contributed by atoms with Crippen LogP contribution >= 0.6 is 0 Å². The molecule has 5 N–H and O–H groups in total. The monoisotopic (exact) mass is 472 g/mol. The third-order valence-corrected chi connectivity index (χ3v) is 5.55. The summed E-state index contributed by atoms with van der Waals surface area (Å²) >= 11 is 0. The average Bonchev–Trinajstić information content (AvgIpc) is 3.13. The number of benzene rings is 2. The zero-order valence-corrected chi connectivity index (χ0v) is 18.4. The van der Waals surface area contributed by atoms with Crippen molar-refractivity contribution in [3.05, 3.63) is 71.8 Å². The smallest absolute Gasteiger partial charge is 0.326 e. The number of aliphatic hydroxyl groups excluding tert-OH is 3. The fourth-order valence-electron chi connectivity index (χ4n) is 3.78. The number of carbonyl (C=O) groups is 1. The Hall–Kier alpha value is -3.06. The van der Waals surface area contributed by atoms with E-state index >= 15 is 0 Å². The summed E-state index contributed by atoms with van der Waals surface area (Å²) < 4.78 is 5.56. The lowest BCUT2D eigenvalue weighted by Gasteiger charge is -2.40. The van der Waals surface area contributed by atoms with Crippen LogP contribution in [0.3, 0.4) is 0 Å². The summed E-state index contributed by atoms with van der Waals surface area (Å²) in [6, 6.07) is 18.3. The van der Waals surface area contributed by atoms with Crippen LogP contribution in [-0.4, -0.2) is 69.4 Å². The number of amidine groups is 1. The van der Waals surface area contributed by atoms with E-state index in [0.29, 0.717) is 0 Å². The highest BCUT2D eigenvalue weighted by molar-refractivity contribution is 6.00. The number of oxime groups is 1. The summed E-state index contributed by atoms with van der Waals surface area (Å²) in [5, 5.41) is 36.7. The van der Waals surface area contributed by atoms with Gasteiger partial charge in [-0.15, -0.1) is 0 Å². The van der Waals surface area contributed by atoms with Gasteiger partial charge in [0.2, 0.25) is 0 Å². The predicted octanol–water partition coefficient (Wildman–Crippen LogP) is 0.418. The maximum atomic E-state index is 13.0. The molecule has 0 bridgehead atoms. The van der Waals surface area contributed by atoms with Gasteiger partial charge in [0.1, 0.15) is 31.1 Å². The van der Waals surface area contributed by atoms with Crippen LogP contribution in [0.4, 0.5) is 4.79 Å². The Morgan fingerprint density at radius 2 is 1.68 bits per heavy atom. The molecule has 2 saturated heterocycles. The second-order valence-corrected chi connectivity index (χ2v) is 7.98. The van der Waals surface area contributed by atoms with Gasteiger partial charge in [-0.2, -0.15) is 5.48 Å². The topological polar surface area (TPSA) is 145 Å². The van der Waals surface area contributed by atoms with E-state index in [1.807, 2.05) is 60.7 Å². The highest BCUT2D eigenvalue weighted by atomic mass is 16.7. The van der Waals surface area contributed by atoms with Gasteiger partial charge in [0.25, 0.3) is 0 Å². The summed E-state index contributed by atoms with van der Waals surface area (Å²) in [7, 11) is 0. The average molecular weight is 472 g/mol. The molecule has 2 aliphatic rings. The van der Waals surface area contributed by atoms with Crippen LogP contribution in [0.2, 0.25) is 0 Å². The van der Waals surface area contributed by atoms with Crippen molar-refractivity contribution in [3.63, 3.8) is 0 Å². The first-order chi connectivity index (χ1) is 16.6. The fraction of sp³-hybridized carbons (Fsp3) is 0.391. The number of urea groups is 1.